The van der Waals surface area contributed by atoms with Gasteiger partial charge in [0.05, 0.1) is 39.9 Å². The summed E-state index contributed by atoms with van der Waals surface area (Å²) in [7, 11) is 1.24. The number of hydrogen-bond acceptors (Lipinski definition) is 6. The molecule has 0 heterocycles. The molecule has 0 bridgehead atoms. The van der Waals surface area contributed by atoms with Gasteiger partial charge in [-0.15, -0.1) is 0 Å². The molecule has 0 saturated heterocycles. The van der Waals surface area contributed by atoms with E-state index in [1.165, 1.54) is 161 Å². The lowest BCUT2D eigenvalue weighted by atomic mass is 10.0. The maximum Gasteiger partial charge on any atom is 0.268 e. The van der Waals surface area contributed by atoms with Gasteiger partial charge >= 0.3 is 0 Å². The number of hydrogen-bond donors (Lipinski definition) is 2. The molecule has 0 spiro atoms. The van der Waals surface area contributed by atoms with Gasteiger partial charge < -0.3 is 28.8 Å². The standard InChI is InChI=1S/C52H99N2O6P/c1-6-8-10-12-14-16-18-19-20-21-22-23-24-25-26-27-28-29-30-31-32-33-34-35-36-38-40-42-44-46-52(56)53-50(49-60-61(57,58)59-48-47-54(3,4)5)51(55)45-43-41-39-37-17-15-13-11-9-7-2/h17,22-23,25-26,37,43,45,50-51,55H,6-16,18-21,24,27-36,38-42,44,46-49H2,1-5H3,(H-,53,56,57,58)/b23-22-,26-25-,37-17+,45-43+. The molecular weight excluding hydrogens is 780 g/mol. The second kappa shape index (κ2) is 43.7. The monoisotopic (exact) mass is 879 g/mol. The van der Waals surface area contributed by atoms with Crippen molar-refractivity contribution in [3.05, 3.63) is 48.6 Å². The molecule has 0 rings (SSSR count). The number of nitrogens with one attached hydrogen (secondary N) is 1. The fourth-order valence-electron chi connectivity index (χ4n) is 7.20. The molecule has 0 fully saturated rings. The first-order chi connectivity index (χ1) is 29.5. The Bertz CT molecular complexity index is 1130. The highest BCUT2D eigenvalue weighted by molar-refractivity contribution is 7.45. The van der Waals surface area contributed by atoms with Gasteiger partial charge in [-0.2, -0.15) is 0 Å². The Kier molecular flexibility index (Phi) is 42.6. The number of unbranched alkanes of at least 4 members (excludes halogenated alkanes) is 27. The van der Waals surface area contributed by atoms with Gasteiger partial charge in [0, 0.05) is 6.42 Å². The first-order valence-corrected chi connectivity index (χ1v) is 27.0. The minimum Gasteiger partial charge on any atom is -0.756 e. The van der Waals surface area contributed by atoms with Crippen LogP contribution in [0.5, 0.6) is 0 Å². The number of allylic oxidation sites excluding steroid dienone is 7. The minimum absolute atomic E-state index is 0.00741. The third kappa shape index (κ3) is 46.3. The van der Waals surface area contributed by atoms with Crippen LogP contribution >= 0.6 is 7.82 Å². The Morgan fingerprint density at radius 2 is 0.967 bits per heavy atom. The average molecular weight is 879 g/mol. The molecule has 0 aromatic rings. The number of rotatable bonds is 46. The highest BCUT2D eigenvalue weighted by atomic mass is 31.2. The smallest absolute Gasteiger partial charge is 0.268 e. The first-order valence-electron chi connectivity index (χ1n) is 25.5. The molecule has 358 valence electrons. The van der Waals surface area contributed by atoms with E-state index < -0.39 is 26.6 Å². The van der Waals surface area contributed by atoms with Crippen LogP contribution in [-0.2, 0) is 18.4 Å². The maximum atomic E-state index is 12.9. The lowest BCUT2D eigenvalue weighted by Crippen LogP contribution is -2.45. The van der Waals surface area contributed by atoms with Crippen molar-refractivity contribution in [2.24, 2.45) is 0 Å². The van der Waals surface area contributed by atoms with E-state index in [1.54, 1.807) is 6.08 Å². The van der Waals surface area contributed by atoms with Crippen molar-refractivity contribution in [1.29, 1.82) is 0 Å². The van der Waals surface area contributed by atoms with Gasteiger partial charge in [-0.25, -0.2) is 0 Å². The molecule has 8 nitrogen and oxygen atoms in total. The summed E-state index contributed by atoms with van der Waals surface area (Å²) in [6.45, 7) is 4.59. The minimum atomic E-state index is -4.59. The number of phosphoric ester groups is 1. The number of nitrogens with zero attached hydrogens (tertiary/aromatic N) is 1. The normalized spacial score (nSPS) is 14.5. The highest BCUT2D eigenvalue weighted by Gasteiger charge is 2.23. The summed E-state index contributed by atoms with van der Waals surface area (Å²) in [5.41, 5.74) is 0. The zero-order valence-electron chi connectivity index (χ0n) is 40.6. The number of likely N-dealkylation sites (N-methyl/N-ethyl adjacent to an activating group) is 1. The van der Waals surface area contributed by atoms with E-state index in [-0.39, 0.29) is 12.5 Å². The molecule has 3 atom stereocenters. The van der Waals surface area contributed by atoms with Crippen molar-refractivity contribution in [2.75, 3.05) is 40.9 Å². The van der Waals surface area contributed by atoms with Crippen molar-refractivity contribution in [3.8, 4) is 0 Å². The van der Waals surface area contributed by atoms with Crippen molar-refractivity contribution in [3.63, 3.8) is 0 Å². The van der Waals surface area contributed by atoms with Crippen molar-refractivity contribution >= 4 is 13.7 Å². The molecule has 0 aromatic heterocycles. The quantitative estimate of drug-likeness (QED) is 0.0273. The van der Waals surface area contributed by atoms with Gasteiger partial charge in [-0.05, 0) is 64.2 Å². The molecule has 0 saturated carbocycles. The molecule has 0 aliphatic rings. The Balaban J connectivity index is 4.09. The third-order valence-corrected chi connectivity index (χ3v) is 12.2. The molecule has 0 aliphatic carbocycles. The SMILES string of the molecule is CCCCCC/C=C/CC/C=C/C(O)C(COP(=O)([O-])OCC[N+](C)(C)C)NC(=O)CCCCCCCCCCCCCCC/C=C\C/C=C\CCCCCCCCCCC. The largest absolute Gasteiger partial charge is 0.756 e. The summed E-state index contributed by atoms with van der Waals surface area (Å²) < 4.78 is 23.2. The van der Waals surface area contributed by atoms with Gasteiger partial charge in [-0.1, -0.05) is 204 Å². The second-order valence-electron chi connectivity index (χ2n) is 18.5. The average Bonchev–Trinajstić information content (AvgIpc) is 3.21. The predicted octanol–water partition coefficient (Wildman–Crippen LogP) is 14.2. The molecule has 9 heteroatoms. The summed E-state index contributed by atoms with van der Waals surface area (Å²) in [5, 5.41) is 13.7. The van der Waals surface area contributed by atoms with Crippen LogP contribution in [0.1, 0.15) is 226 Å². The summed E-state index contributed by atoms with van der Waals surface area (Å²) in [6.07, 6.45) is 56.2. The lowest BCUT2D eigenvalue weighted by molar-refractivity contribution is -0.870. The number of quaternary nitrogens is 1. The Labute approximate surface area is 378 Å². The van der Waals surface area contributed by atoms with E-state index in [9.17, 15) is 19.4 Å². The van der Waals surface area contributed by atoms with Crippen LogP contribution < -0.4 is 10.2 Å². The van der Waals surface area contributed by atoms with Gasteiger partial charge in [-0.3, -0.25) is 9.36 Å². The van der Waals surface area contributed by atoms with Crippen LogP contribution in [0.25, 0.3) is 0 Å². The molecule has 0 aromatic carbocycles. The van der Waals surface area contributed by atoms with Crippen molar-refractivity contribution < 1.29 is 32.9 Å². The van der Waals surface area contributed by atoms with Crippen molar-refractivity contribution in [1.82, 2.24) is 5.32 Å². The lowest BCUT2D eigenvalue weighted by Gasteiger charge is -2.29. The van der Waals surface area contributed by atoms with E-state index in [1.807, 2.05) is 27.2 Å². The number of aliphatic hydroxyl groups excluding tert-OH is 1. The first kappa shape index (κ1) is 59.5. The number of aliphatic hydroxyl groups is 1. The highest BCUT2D eigenvalue weighted by Crippen LogP contribution is 2.38. The summed E-state index contributed by atoms with van der Waals surface area (Å²) in [5.74, 6) is -0.211. The van der Waals surface area contributed by atoms with Crippen LogP contribution in [0.2, 0.25) is 0 Å². The number of phosphoric acid groups is 1. The summed E-state index contributed by atoms with van der Waals surface area (Å²) in [4.78, 5) is 25.3. The molecule has 0 aliphatic heterocycles. The van der Waals surface area contributed by atoms with Crippen LogP contribution in [0.4, 0.5) is 0 Å². The molecule has 1 amide bonds. The van der Waals surface area contributed by atoms with Crippen LogP contribution in [0.15, 0.2) is 48.6 Å². The third-order valence-electron chi connectivity index (χ3n) is 11.3. The number of carbonyl (C=O) groups is 1. The van der Waals surface area contributed by atoms with Gasteiger partial charge in [0.2, 0.25) is 5.91 Å². The predicted molar refractivity (Wildman–Crippen MR) is 261 cm³/mol. The molecule has 2 N–H and O–H groups in total. The summed E-state index contributed by atoms with van der Waals surface area (Å²) >= 11 is 0. The van der Waals surface area contributed by atoms with E-state index >= 15 is 0 Å². The van der Waals surface area contributed by atoms with Gasteiger partial charge in [0.1, 0.15) is 13.2 Å². The topological polar surface area (TPSA) is 108 Å². The van der Waals surface area contributed by atoms with Gasteiger partial charge in [0.25, 0.3) is 7.82 Å². The maximum absolute atomic E-state index is 12.9. The molecule has 0 radical (unpaired) electrons. The number of carbonyl (C=O) groups excluding carboxylic acids is 1. The van der Waals surface area contributed by atoms with Crippen LogP contribution in [-0.4, -0.2) is 68.5 Å². The van der Waals surface area contributed by atoms with Crippen LogP contribution in [0.3, 0.4) is 0 Å². The summed E-state index contributed by atoms with van der Waals surface area (Å²) in [6, 6.07) is -0.902. The fourth-order valence-corrected chi connectivity index (χ4v) is 7.92. The van der Waals surface area contributed by atoms with Crippen LogP contribution in [0, 0.1) is 0 Å². The van der Waals surface area contributed by atoms with E-state index in [0.29, 0.717) is 17.4 Å². The Morgan fingerprint density at radius 3 is 1.44 bits per heavy atom. The zero-order valence-corrected chi connectivity index (χ0v) is 41.5. The van der Waals surface area contributed by atoms with E-state index in [4.69, 9.17) is 9.05 Å². The second-order valence-corrected chi connectivity index (χ2v) is 19.9. The van der Waals surface area contributed by atoms with Gasteiger partial charge in [0.15, 0.2) is 0 Å². The van der Waals surface area contributed by atoms with E-state index in [0.717, 1.165) is 44.9 Å². The Hall–Kier alpha value is -1.54. The number of amides is 1. The Morgan fingerprint density at radius 1 is 0.574 bits per heavy atom. The molecular formula is C52H99N2O6P. The zero-order chi connectivity index (χ0) is 45.0. The molecule has 3 unspecified atom stereocenters. The fraction of sp³-hybridized carbons (Fsp3) is 0.827. The molecule has 61 heavy (non-hydrogen) atoms. The van der Waals surface area contributed by atoms with E-state index in [2.05, 4.69) is 55.6 Å². The van der Waals surface area contributed by atoms with Crippen molar-refractivity contribution in [2.45, 2.75) is 238 Å².